The Kier molecular flexibility index (Phi) is 3.90. The van der Waals surface area contributed by atoms with Gasteiger partial charge in [0.2, 0.25) is 0 Å². The van der Waals surface area contributed by atoms with Gasteiger partial charge in [0.1, 0.15) is 5.82 Å². The predicted molar refractivity (Wildman–Crippen MR) is 95.1 cm³/mol. The van der Waals surface area contributed by atoms with Crippen LogP contribution in [0.2, 0.25) is 0 Å². The van der Waals surface area contributed by atoms with E-state index in [0.717, 1.165) is 33.5 Å². The van der Waals surface area contributed by atoms with Gasteiger partial charge in [-0.25, -0.2) is 4.98 Å². The maximum atomic E-state index is 12.3. The molecule has 2 N–H and O–H groups in total. The summed E-state index contributed by atoms with van der Waals surface area (Å²) in [5.41, 5.74) is 5.98. The van der Waals surface area contributed by atoms with Gasteiger partial charge in [0.25, 0.3) is 5.56 Å². The Hall–Kier alpha value is -2.62. The van der Waals surface area contributed by atoms with E-state index in [1.807, 2.05) is 45.0 Å². The summed E-state index contributed by atoms with van der Waals surface area (Å²) < 4.78 is 0. The van der Waals surface area contributed by atoms with Crippen LogP contribution in [0, 0.1) is 27.7 Å². The quantitative estimate of drug-likeness (QED) is 0.774. The number of nitrogens with one attached hydrogen (secondary N) is 2. The molecule has 0 amide bonds. The minimum Gasteiger partial charge on any atom is -0.366 e. The highest BCUT2D eigenvalue weighted by atomic mass is 16.1. The third-order valence-corrected chi connectivity index (χ3v) is 3.95. The van der Waals surface area contributed by atoms with Crippen molar-refractivity contribution in [3.8, 4) is 0 Å². The van der Waals surface area contributed by atoms with E-state index in [1.165, 1.54) is 5.56 Å². The highest BCUT2D eigenvalue weighted by Crippen LogP contribution is 2.19. The second-order valence-electron chi connectivity index (χ2n) is 6.19. The summed E-state index contributed by atoms with van der Waals surface area (Å²) in [5, 5.41) is 4.33. The molecule has 4 nitrogen and oxygen atoms in total. The smallest absolute Gasteiger partial charge is 0.253 e. The van der Waals surface area contributed by atoms with Gasteiger partial charge in [-0.2, -0.15) is 0 Å². The van der Waals surface area contributed by atoms with E-state index < -0.39 is 0 Å². The number of aromatic amines is 1. The van der Waals surface area contributed by atoms with E-state index in [0.29, 0.717) is 12.1 Å². The molecule has 3 rings (SSSR count). The third kappa shape index (κ3) is 3.26. The lowest BCUT2D eigenvalue weighted by Crippen LogP contribution is -2.16. The first-order valence-corrected chi connectivity index (χ1v) is 7.75. The van der Waals surface area contributed by atoms with Crippen molar-refractivity contribution < 1.29 is 0 Å². The summed E-state index contributed by atoms with van der Waals surface area (Å²) in [6, 6.07) is 10.1. The lowest BCUT2D eigenvalue weighted by atomic mass is 10.0. The monoisotopic (exact) mass is 307 g/mol. The summed E-state index contributed by atoms with van der Waals surface area (Å²) >= 11 is 0. The van der Waals surface area contributed by atoms with Crippen molar-refractivity contribution in [1.29, 1.82) is 0 Å². The fraction of sp³-hybridized carbons (Fsp3) is 0.263. The number of anilines is 1. The summed E-state index contributed by atoms with van der Waals surface area (Å²) in [6.07, 6.45) is 0. The zero-order chi connectivity index (χ0) is 16.6. The summed E-state index contributed by atoms with van der Waals surface area (Å²) in [4.78, 5) is 19.7. The lowest BCUT2D eigenvalue weighted by molar-refractivity contribution is 1.05. The molecule has 0 fully saturated rings. The van der Waals surface area contributed by atoms with Crippen LogP contribution in [0.1, 0.15) is 27.9 Å². The molecule has 23 heavy (non-hydrogen) atoms. The Morgan fingerprint density at radius 1 is 1.00 bits per heavy atom. The number of pyridine rings is 2. The Morgan fingerprint density at radius 2 is 1.74 bits per heavy atom. The van der Waals surface area contributed by atoms with E-state index in [1.54, 1.807) is 0 Å². The normalized spacial score (nSPS) is 11.0. The van der Waals surface area contributed by atoms with Crippen LogP contribution >= 0.6 is 0 Å². The average Bonchev–Trinajstić information content (AvgIpc) is 2.44. The van der Waals surface area contributed by atoms with E-state index in [9.17, 15) is 4.79 Å². The number of H-pyrrole nitrogens is 1. The van der Waals surface area contributed by atoms with Crippen LogP contribution in [-0.2, 0) is 6.54 Å². The molecule has 0 saturated carbocycles. The highest BCUT2D eigenvalue weighted by molar-refractivity contribution is 5.83. The molecule has 0 atom stereocenters. The van der Waals surface area contributed by atoms with Crippen LogP contribution in [0.4, 0.5) is 5.82 Å². The number of nitrogens with zero attached hydrogens (tertiary/aromatic N) is 1. The Balaban J connectivity index is 1.94. The first-order chi connectivity index (χ1) is 10.9. The van der Waals surface area contributed by atoms with E-state index in [2.05, 4.69) is 28.3 Å². The molecular formula is C19H21N3O. The average molecular weight is 307 g/mol. The standard InChI is InChI=1S/C19H21N3O/c1-11-5-13(3)16-9-15(19(23)22-17(16)7-11)10-20-18-8-12(2)6-14(4)21-18/h5-9H,10H2,1-4H3,(H,20,21)(H,22,23). The molecule has 0 aliphatic heterocycles. The van der Waals surface area contributed by atoms with Gasteiger partial charge >= 0.3 is 0 Å². The molecule has 118 valence electrons. The molecule has 0 saturated heterocycles. The van der Waals surface area contributed by atoms with E-state index in [-0.39, 0.29) is 5.56 Å². The van der Waals surface area contributed by atoms with Crippen molar-refractivity contribution in [2.75, 3.05) is 5.32 Å². The third-order valence-electron chi connectivity index (χ3n) is 3.95. The summed E-state index contributed by atoms with van der Waals surface area (Å²) in [7, 11) is 0. The number of aromatic nitrogens is 2. The molecule has 4 heteroatoms. The second-order valence-corrected chi connectivity index (χ2v) is 6.19. The Bertz CT molecular complexity index is 921. The summed E-state index contributed by atoms with van der Waals surface area (Å²) in [6.45, 7) is 8.55. The molecule has 0 bridgehead atoms. The molecule has 2 aromatic heterocycles. The number of rotatable bonds is 3. The van der Waals surface area contributed by atoms with Gasteiger partial charge in [-0.05, 0) is 68.7 Å². The van der Waals surface area contributed by atoms with Gasteiger partial charge in [0.05, 0.1) is 0 Å². The zero-order valence-corrected chi connectivity index (χ0v) is 13.9. The van der Waals surface area contributed by atoms with Gasteiger partial charge in [-0.3, -0.25) is 4.79 Å². The molecule has 2 heterocycles. The maximum Gasteiger partial charge on any atom is 0.253 e. The first kappa shape index (κ1) is 15.3. The molecule has 0 aliphatic carbocycles. The van der Waals surface area contributed by atoms with E-state index in [4.69, 9.17) is 0 Å². The molecular weight excluding hydrogens is 286 g/mol. The minimum absolute atomic E-state index is 0.0561. The van der Waals surface area contributed by atoms with Gasteiger partial charge in [0.15, 0.2) is 0 Å². The van der Waals surface area contributed by atoms with Crippen LogP contribution in [0.15, 0.2) is 35.1 Å². The van der Waals surface area contributed by atoms with Crippen LogP contribution in [0.5, 0.6) is 0 Å². The molecule has 0 unspecified atom stereocenters. The van der Waals surface area contributed by atoms with Crippen molar-refractivity contribution >= 4 is 16.7 Å². The topological polar surface area (TPSA) is 57.8 Å². The minimum atomic E-state index is -0.0561. The van der Waals surface area contributed by atoms with Crippen LogP contribution in [-0.4, -0.2) is 9.97 Å². The second kappa shape index (κ2) is 5.88. The number of hydrogen-bond acceptors (Lipinski definition) is 3. The van der Waals surface area contributed by atoms with Crippen LogP contribution in [0.3, 0.4) is 0 Å². The molecule has 0 spiro atoms. The number of fused-ring (bicyclic) bond motifs is 1. The highest BCUT2D eigenvalue weighted by Gasteiger charge is 2.06. The molecule has 3 aromatic rings. The number of aryl methyl sites for hydroxylation is 4. The van der Waals surface area contributed by atoms with Crippen LogP contribution in [0.25, 0.3) is 10.9 Å². The number of hydrogen-bond donors (Lipinski definition) is 2. The van der Waals surface area contributed by atoms with E-state index >= 15 is 0 Å². The molecule has 0 aliphatic rings. The fourth-order valence-corrected chi connectivity index (χ4v) is 2.97. The Labute approximate surface area is 135 Å². The predicted octanol–water partition coefficient (Wildman–Crippen LogP) is 3.77. The lowest BCUT2D eigenvalue weighted by Gasteiger charge is -2.10. The number of benzene rings is 1. The van der Waals surface area contributed by atoms with Crippen molar-refractivity contribution in [2.24, 2.45) is 0 Å². The molecule has 0 radical (unpaired) electrons. The SMILES string of the molecule is Cc1cc(C)nc(NCc2cc3c(C)cc(C)cc3[nH]c2=O)c1. The summed E-state index contributed by atoms with van der Waals surface area (Å²) in [5.74, 6) is 0.794. The van der Waals surface area contributed by atoms with Gasteiger partial charge < -0.3 is 10.3 Å². The van der Waals surface area contributed by atoms with Crippen molar-refractivity contribution in [3.63, 3.8) is 0 Å². The van der Waals surface area contributed by atoms with Crippen molar-refractivity contribution in [2.45, 2.75) is 34.2 Å². The van der Waals surface area contributed by atoms with Crippen molar-refractivity contribution in [3.05, 3.63) is 68.6 Å². The van der Waals surface area contributed by atoms with Gasteiger partial charge in [-0.15, -0.1) is 0 Å². The van der Waals surface area contributed by atoms with Gasteiger partial charge in [-0.1, -0.05) is 6.07 Å². The van der Waals surface area contributed by atoms with Crippen LogP contribution < -0.4 is 10.9 Å². The van der Waals surface area contributed by atoms with Crippen molar-refractivity contribution in [1.82, 2.24) is 9.97 Å². The largest absolute Gasteiger partial charge is 0.366 e. The molecule has 1 aromatic carbocycles. The first-order valence-electron chi connectivity index (χ1n) is 7.75. The fourth-order valence-electron chi connectivity index (χ4n) is 2.97. The van der Waals surface area contributed by atoms with Gasteiger partial charge in [0, 0.05) is 28.7 Å². The zero-order valence-electron chi connectivity index (χ0n) is 13.9. The maximum absolute atomic E-state index is 12.3. The Morgan fingerprint density at radius 3 is 2.48 bits per heavy atom.